The zero-order chi connectivity index (χ0) is 21.1. The van der Waals surface area contributed by atoms with Gasteiger partial charge in [-0.15, -0.1) is 0 Å². The highest BCUT2D eigenvalue weighted by atomic mass is 16.5. The Labute approximate surface area is 177 Å². The van der Waals surface area contributed by atoms with Gasteiger partial charge in [0.1, 0.15) is 37.8 Å². The van der Waals surface area contributed by atoms with Gasteiger partial charge in [-0.25, -0.2) is 4.90 Å². The number of benzene rings is 1. The van der Waals surface area contributed by atoms with Gasteiger partial charge in [0.2, 0.25) is 11.8 Å². The first-order chi connectivity index (χ1) is 14.5. The van der Waals surface area contributed by atoms with Gasteiger partial charge in [-0.2, -0.15) is 0 Å². The van der Waals surface area contributed by atoms with Crippen molar-refractivity contribution in [2.75, 3.05) is 72.9 Å². The van der Waals surface area contributed by atoms with E-state index in [1.54, 1.807) is 7.11 Å². The highest BCUT2D eigenvalue weighted by Gasteiger charge is 2.59. The molecule has 0 spiro atoms. The molecule has 3 aliphatic rings. The fourth-order valence-electron chi connectivity index (χ4n) is 4.86. The van der Waals surface area contributed by atoms with Crippen molar-refractivity contribution in [3.05, 3.63) is 29.8 Å². The molecule has 4 rings (SSSR count). The molecule has 2 N–H and O–H groups in total. The number of likely N-dealkylation sites (tertiary alicyclic amines) is 1. The van der Waals surface area contributed by atoms with Crippen molar-refractivity contribution >= 4 is 11.8 Å². The topological polar surface area (TPSA) is 74.0 Å². The Kier molecular flexibility index (Phi) is 6.38. The number of imide groups is 1. The highest BCUT2D eigenvalue weighted by molar-refractivity contribution is 6.10. The second-order valence-corrected chi connectivity index (χ2v) is 8.64. The summed E-state index contributed by atoms with van der Waals surface area (Å²) in [5.41, 5.74) is -0.000740. The summed E-state index contributed by atoms with van der Waals surface area (Å²) in [7, 11) is 1.62. The van der Waals surface area contributed by atoms with Crippen LogP contribution >= 0.6 is 0 Å². The van der Waals surface area contributed by atoms with E-state index in [1.165, 1.54) is 14.7 Å². The molecule has 3 saturated heterocycles. The van der Waals surface area contributed by atoms with Crippen molar-refractivity contribution < 1.29 is 33.6 Å². The van der Waals surface area contributed by atoms with Gasteiger partial charge in [0.15, 0.2) is 6.67 Å². The molecule has 0 bridgehead atoms. The van der Waals surface area contributed by atoms with E-state index in [2.05, 4.69) is 0 Å². The van der Waals surface area contributed by atoms with Crippen LogP contribution in [0.5, 0.6) is 5.75 Å². The molecular weight excluding hydrogens is 386 g/mol. The third-order valence-corrected chi connectivity index (χ3v) is 6.91. The maximum Gasteiger partial charge on any atom is 0.245 e. The molecule has 0 aromatic heterocycles. The lowest BCUT2D eigenvalue weighted by molar-refractivity contribution is -0.915. The van der Waals surface area contributed by atoms with Crippen LogP contribution in [-0.4, -0.2) is 89.6 Å². The largest absolute Gasteiger partial charge is 0.497 e. The van der Waals surface area contributed by atoms with Gasteiger partial charge in [0, 0.05) is 0 Å². The monoisotopic (exact) mass is 419 g/mol. The summed E-state index contributed by atoms with van der Waals surface area (Å²) in [6.45, 7) is 9.10. The van der Waals surface area contributed by atoms with Crippen molar-refractivity contribution in [2.45, 2.75) is 12.3 Å². The van der Waals surface area contributed by atoms with Gasteiger partial charge >= 0.3 is 0 Å². The first-order valence-electron chi connectivity index (χ1n) is 10.9. The molecule has 8 heteroatoms. The molecule has 164 valence electrons. The lowest BCUT2D eigenvalue weighted by Crippen LogP contribution is -3.15. The molecule has 0 radical (unpaired) electrons. The van der Waals surface area contributed by atoms with Crippen LogP contribution in [0.3, 0.4) is 0 Å². The lowest BCUT2D eigenvalue weighted by atomic mass is 9.73. The van der Waals surface area contributed by atoms with Crippen LogP contribution in [0.15, 0.2) is 24.3 Å². The van der Waals surface area contributed by atoms with Crippen molar-refractivity contribution in [2.24, 2.45) is 5.92 Å². The minimum Gasteiger partial charge on any atom is -0.497 e. The van der Waals surface area contributed by atoms with Gasteiger partial charge in [0.25, 0.3) is 0 Å². The normalized spacial score (nSPS) is 28.9. The fraction of sp³-hybridized carbons (Fsp3) is 0.636. The van der Waals surface area contributed by atoms with Crippen LogP contribution in [0, 0.1) is 5.92 Å². The van der Waals surface area contributed by atoms with Crippen LogP contribution in [-0.2, 0) is 24.5 Å². The van der Waals surface area contributed by atoms with Crippen LogP contribution in [0.4, 0.5) is 0 Å². The van der Waals surface area contributed by atoms with Crippen molar-refractivity contribution in [3.63, 3.8) is 0 Å². The van der Waals surface area contributed by atoms with E-state index < -0.39 is 5.41 Å². The molecule has 3 aliphatic heterocycles. The molecule has 0 saturated carbocycles. The Hall–Kier alpha value is -2.00. The Morgan fingerprint density at radius 1 is 1.00 bits per heavy atom. The van der Waals surface area contributed by atoms with Gasteiger partial charge in [0.05, 0.1) is 45.5 Å². The van der Waals surface area contributed by atoms with Crippen LogP contribution in [0.25, 0.3) is 0 Å². The first kappa shape index (κ1) is 21.2. The predicted molar refractivity (Wildman–Crippen MR) is 108 cm³/mol. The number of rotatable bonds is 6. The third kappa shape index (κ3) is 3.97. The van der Waals surface area contributed by atoms with Crippen molar-refractivity contribution in [1.29, 1.82) is 0 Å². The smallest absolute Gasteiger partial charge is 0.245 e. The second kappa shape index (κ2) is 9.01. The van der Waals surface area contributed by atoms with E-state index in [0.29, 0.717) is 39.6 Å². The zero-order valence-electron chi connectivity index (χ0n) is 17.9. The van der Waals surface area contributed by atoms with Crippen molar-refractivity contribution in [1.82, 2.24) is 4.90 Å². The molecule has 0 aliphatic carbocycles. The number of hydrogen-bond donors (Lipinski definition) is 2. The first-order valence-corrected chi connectivity index (χ1v) is 10.9. The van der Waals surface area contributed by atoms with E-state index in [0.717, 1.165) is 37.5 Å². The molecule has 3 heterocycles. The molecular formula is C22H33N3O5+2. The summed E-state index contributed by atoms with van der Waals surface area (Å²) < 4.78 is 16.2. The SMILES string of the molecule is COc1ccc([C@]2(C)C(=O)N(C[NH+]3CCOCC3)C(=O)[C@H]2C[NH+]2CCOCC2)cc1. The minimum atomic E-state index is -0.875. The average Bonchev–Trinajstić information content (AvgIpc) is 2.97. The zero-order valence-corrected chi connectivity index (χ0v) is 17.9. The minimum absolute atomic E-state index is 0.0451. The summed E-state index contributed by atoms with van der Waals surface area (Å²) in [6, 6.07) is 7.59. The standard InChI is InChI=1S/C22H31N3O5/c1-22(17-3-5-18(28-2)6-4-17)19(15-23-7-11-29-12-8-23)20(26)25(21(22)27)16-24-9-13-30-14-10-24/h3-6,19H,7-16H2,1-2H3/p+2/t19-,22+/m1/s1. The molecule has 1 aromatic carbocycles. The maximum absolute atomic E-state index is 13.7. The van der Waals surface area contributed by atoms with Gasteiger partial charge in [-0.1, -0.05) is 12.1 Å². The summed E-state index contributed by atoms with van der Waals surface area (Å²) >= 11 is 0. The van der Waals surface area contributed by atoms with E-state index in [1.807, 2.05) is 31.2 Å². The van der Waals surface area contributed by atoms with E-state index in [9.17, 15) is 9.59 Å². The Morgan fingerprint density at radius 3 is 2.13 bits per heavy atom. The predicted octanol–water partition coefficient (Wildman–Crippen LogP) is -2.27. The summed E-state index contributed by atoms with van der Waals surface area (Å²) in [5, 5.41) is 0. The third-order valence-electron chi connectivity index (χ3n) is 6.91. The van der Waals surface area contributed by atoms with Crippen LogP contribution in [0.2, 0.25) is 0 Å². The number of morpholine rings is 2. The summed E-state index contributed by atoms with van der Waals surface area (Å²) in [6.07, 6.45) is 0. The fourth-order valence-corrected chi connectivity index (χ4v) is 4.86. The number of nitrogens with zero attached hydrogens (tertiary/aromatic N) is 1. The number of carbonyl (C=O) groups is 2. The van der Waals surface area contributed by atoms with E-state index in [4.69, 9.17) is 14.2 Å². The molecule has 2 amide bonds. The molecule has 2 atom stereocenters. The number of ether oxygens (including phenoxy) is 3. The van der Waals surface area contributed by atoms with Crippen LogP contribution < -0.4 is 14.5 Å². The second-order valence-electron chi connectivity index (χ2n) is 8.64. The van der Waals surface area contributed by atoms with Crippen LogP contribution in [0.1, 0.15) is 12.5 Å². The van der Waals surface area contributed by atoms with E-state index in [-0.39, 0.29) is 17.7 Å². The summed E-state index contributed by atoms with van der Waals surface area (Å²) in [5.74, 6) is 0.224. The highest BCUT2D eigenvalue weighted by Crippen LogP contribution is 2.40. The Morgan fingerprint density at radius 2 is 1.57 bits per heavy atom. The quantitative estimate of drug-likeness (QED) is 0.509. The number of quaternary nitrogens is 2. The number of hydrogen-bond acceptors (Lipinski definition) is 5. The molecule has 1 aromatic rings. The lowest BCUT2D eigenvalue weighted by Gasteiger charge is -2.32. The Balaban J connectivity index is 1.63. The number of methoxy groups -OCH3 is 1. The summed E-state index contributed by atoms with van der Waals surface area (Å²) in [4.78, 5) is 31.3. The maximum atomic E-state index is 13.7. The van der Waals surface area contributed by atoms with Gasteiger partial charge < -0.3 is 24.0 Å². The number of carbonyl (C=O) groups excluding carboxylic acids is 2. The Bertz CT molecular complexity index is 759. The molecule has 30 heavy (non-hydrogen) atoms. The van der Waals surface area contributed by atoms with Crippen molar-refractivity contribution in [3.8, 4) is 5.75 Å². The van der Waals surface area contributed by atoms with Gasteiger partial charge in [-0.3, -0.25) is 9.59 Å². The molecule has 3 fully saturated rings. The van der Waals surface area contributed by atoms with E-state index >= 15 is 0 Å². The number of amides is 2. The molecule has 8 nitrogen and oxygen atoms in total. The van der Waals surface area contributed by atoms with Gasteiger partial charge in [-0.05, 0) is 24.6 Å². The average molecular weight is 420 g/mol. The number of nitrogens with one attached hydrogen (secondary N) is 2. The molecule has 0 unspecified atom stereocenters.